The highest BCUT2D eigenvalue weighted by Crippen LogP contribution is 2.32. The van der Waals surface area contributed by atoms with Gasteiger partial charge in [-0.15, -0.1) is 0 Å². The van der Waals surface area contributed by atoms with Gasteiger partial charge < -0.3 is 10.1 Å². The van der Waals surface area contributed by atoms with Crippen molar-refractivity contribution in [1.82, 2.24) is 9.97 Å². The second-order valence-corrected chi connectivity index (χ2v) is 5.58. The Balaban J connectivity index is 2.08. The van der Waals surface area contributed by atoms with Crippen LogP contribution in [-0.4, -0.2) is 28.2 Å². The van der Waals surface area contributed by atoms with Crippen LogP contribution < -0.4 is 5.32 Å². The van der Waals surface area contributed by atoms with E-state index in [1.54, 1.807) is 6.20 Å². The molecule has 0 radical (unpaired) electrons. The lowest BCUT2D eigenvalue weighted by molar-refractivity contribution is -0.0864. The number of anilines is 1. The summed E-state index contributed by atoms with van der Waals surface area (Å²) < 4.78 is 5.99. The van der Waals surface area contributed by atoms with Gasteiger partial charge in [0.2, 0.25) is 5.28 Å². The van der Waals surface area contributed by atoms with Crippen LogP contribution in [0.25, 0.3) is 0 Å². The highest BCUT2D eigenvalue weighted by molar-refractivity contribution is 6.28. The summed E-state index contributed by atoms with van der Waals surface area (Å²) >= 11 is 5.86. The minimum atomic E-state index is 0.0145. The van der Waals surface area contributed by atoms with E-state index in [9.17, 15) is 0 Å². The fraction of sp³-hybridized carbons (Fsp3) is 0.714. The van der Waals surface area contributed by atoms with Crippen LogP contribution in [0.1, 0.15) is 45.1 Å². The van der Waals surface area contributed by atoms with Crippen molar-refractivity contribution in [2.75, 3.05) is 11.9 Å². The second-order valence-electron chi connectivity index (χ2n) is 5.24. The molecule has 1 saturated heterocycles. The Labute approximate surface area is 119 Å². The fourth-order valence-electron chi connectivity index (χ4n) is 2.65. The first-order valence-corrected chi connectivity index (χ1v) is 7.36. The monoisotopic (exact) mass is 283 g/mol. The molecule has 1 aliphatic rings. The summed E-state index contributed by atoms with van der Waals surface area (Å²) in [6.07, 6.45) is 5.87. The smallest absolute Gasteiger partial charge is 0.224 e. The lowest BCUT2D eigenvalue weighted by Crippen LogP contribution is -2.43. The molecule has 1 atom stereocenters. The van der Waals surface area contributed by atoms with E-state index in [0.29, 0.717) is 6.04 Å². The lowest BCUT2D eigenvalue weighted by Gasteiger charge is -2.40. The third-order valence-corrected chi connectivity index (χ3v) is 4.25. The Morgan fingerprint density at radius 1 is 1.47 bits per heavy atom. The fourth-order valence-corrected chi connectivity index (χ4v) is 2.79. The number of aryl methyl sites for hydroxylation is 1. The quantitative estimate of drug-likeness (QED) is 0.858. The topological polar surface area (TPSA) is 47.0 Å². The van der Waals surface area contributed by atoms with Gasteiger partial charge >= 0.3 is 0 Å². The van der Waals surface area contributed by atoms with Gasteiger partial charge in [-0.1, -0.05) is 13.8 Å². The number of hydrogen-bond donors (Lipinski definition) is 1. The van der Waals surface area contributed by atoms with Crippen LogP contribution in [0.15, 0.2) is 6.20 Å². The van der Waals surface area contributed by atoms with Gasteiger partial charge in [0, 0.05) is 24.4 Å². The third kappa shape index (κ3) is 3.37. The van der Waals surface area contributed by atoms with Crippen LogP contribution in [0.5, 0.6) is 0 Å². The first kappa shape index (κ1) is 14.5. The van der Waals surface area contributed by atoms with Gasteiger partial charge in [-0.3, -0.25) is 0 Å². The number of hydrogen-bond acceptors (Lipinski definition) is 4. The molecule has 1 unspecified atom stereocenters. The number of ether oxygens (including phenoxy) is 1. The molecule has 0 bridgehead atoms. The zero-order chi connectivity index (χ0) is 13.9. The molecule has 0 spiro atoms. The Kier molecular flexibility index (Phi) is 4.63. The average Bonchev–Trinajstić information content (AvgIpc) is 2.43. The molecular weight excluding hydrogens is 262 g/mol. The summed E-state index contributed by atoms with van der Waals surface area (Å²) in [5.41, 5.74) is 1.04. The molecule has 1 fully saturated rings. The molecule has 1 aromatic rings. The van der Waals surface area contributed by atoms with Gasteiger partial charge in [0.1, 0.15) is 5.82 Å². The van der Waals surface area contributed by atoms with Crippen LogP contribution >= 0.6 is 11.6 Å². The number of halogens is 1. The van der Waals surface area contributed by atoms with Crippen molar-refractivity contribution in [2.24, 2.45) is 0 Å². The van der Waals surface area contributed by atoms with Gasteiger partial charge in [0.25, 0.3) is 0 Å². The van der Waals surface area contributed by atoms with Crippen molar-refractivity contribution >= 4 is 17.4 Å². The number of nitrogens with one attached hydrogen (secondary N) is 1. The molecule has 1 aromatic heterocycles. The second kappa shape index (κ2) is 6.06. The van der Waals surface area contributed by atoms with Crippen LogP contribution in [-0.2, 0) is 4.74 Å². The molecule has 106 valence electrons. The predicted octanol–water partition coefficient (Wildman–Crippen LogP) is 3.59. The predicted molar refractivity (Wildman–Crippen MR) is 77.7 cm³/mol. The molecule has 1 N–H and O–H groups in total. The highest BCUT2D eigenvalue weighted by Gasteiger charge is 2.34. The molecule has 19 heavy (non-hydrogen) atoms. The first-order chi connectivity index (χ1) is 9.08. The van der Waals surface area contributed by atoms with Crippen LogP contribution in [0, 0.1) is 6.92 Å². The van der Waals surface area contributed by atoms with E-state index in [-0.39, 0.29) is 10.9 Å². The number of aromatic nitrogens is 2. The molecular formula is C14H22ClN3O. The standard InChI is InChI=1S/C14H22ClN3O/c1-4-14(5-2)8-11(6-7-19-14)17-12-10(3)9-16-13(15)18-12/h9,11H,4-8H2,1-3H3,(H,16,17,18). The molecule has 5 heteroatoms. The molecule has 0 aromatic carbocycles. The molecule has 2 heterocycles. The van der Waals surface area contributed by atoms with Gasteiger partial charge in [-0.25, -0.2) is 9.97 Å². The van der Waals surface area contributed by atoms with Crippen LogP contribution in [0.3, 0.4) is 0 Å². The zero-order valence-corrected chi connectivity index (χ0v) is 12.6. The number of nitrogens with zero attached hydrogens (tertiary/aromatic N) is 2. The first-order valence-electron chi connectivity index (χ1n) is 6.98. The van der Waals surface area contributed by atoms with Crippen molar-refractivity contribution in [1.29, 1.82) is 0 Å². The summed E-state index contributed by atoms with van der Waals surface area (Å²) in [6, 6.07) is 0.387. The van der Waals surface area contributed by atoms with E-state index in [2.05, 4.69) is 29.1 Å². The van der Waals surface area contributed by atoms with E-state index < -0.39 is 0 Å². The molecule has 0 saturated carbocycles. The van der Waals surface area contributed by atoms with Crippen molar-refractivity contribution < 1.29 is 4.74 Å². The van der Waals surface area contributed by atoms with E-state index in [0.717, 1.165) is 43.7 Å². The van der Waals surface area contributed by atoms with Gasteiger partial charge in [-0.2, -0.15) is 0 Å². The van der Waals surface area contributed by atoms with Crippen molar-refractivity contribution in [2.45, 2.75) is 58.1 Å². The maximum Gasteiger partial charge on any atom is 0.224 e. The normalized spacial score (nSPS) is 22.2. The van der Waals surface area contributed by atoms with Gasteiger partial charge in [-0.05, 0) is 44.2 Å². The molecule has 2 rings (SSSR count). The molecule has 0 aliphatic carbocycles. The summed E-state index contributed by atoms with van der Waals surface area (Å²) in [5.74, 6) is 0.841. The zero-order valence-electron chi connectivity index (χ0n) is 11.9. The molecule has 0 amide bonds. The summed E-state index contributed by atoms with van der Waals surface area (Å²) in [7, 11) is 0. The molecule has 1 aliphatic heterocycles. The Morgan fingerprint density at radius 3 is 2.89 bits per heavy atom. The average molecular weight is 284 g/mol. The summed E-state index contributed by atoms with van der Waals surface area (Å²) in [5, 5.41) is 3.79. The Hall–Kier alpha value is -0.870. The maximum absolute atomic E-state index is 5.99. The maximum atomic E-state index is 5.99. The minimum absolute atomic E-state index is 0.0145. The largest absolute Gasteiger partial charge is 0.375 e. The molecule has 4 nitrogen and oxygen atoms in total. The minimum Gasteiger partial charge on any atom is -0.375 e. The van der Waals surface area contributed by atoms with E-state index in [1.807, 2.05) is 6.92 Å². The highest BCUT2D eigenvalue weighted by atomic mass is 35.5. The van der Waals surface area contributed by atoms with Crippen molar-refractivity contribution in [3.63, 3.8) is 0 Å². The summed E-state index contributed by atoms with van der Waals surface area (Å²) in [4.78, 5) is 8.25. The van der Waals surface area contributed by atoms with E-state index in [4.69, 9.17) is 16.3 Å². The lowest BCUT2D eigenvalue weighted by atomic mass is 9.86. The van der Waals surface area contributed by atoms with Crippen LogP contribution in [0.4, 0.5) is 5.82 Å². The third-order valence-electron chi connectivity index (χ3n) is 4.06. The van der Waals surface area contributed by atoms with Crippen LogP contribution in [0.2, 0.25) is 5.28 Å². The Morgan fingerprint density at radius 2 is 2.21 bits per heavy atom. The van der Waals surface area contributed by atoms with Crippen molar-refractivity contribution in [3.05, 3.63) is 17.0 Å². The van der Waals surface area contributed by atoms with E-state index in [1.165, 1.54) is 0 Å². The number of rotatable bonds is 4. The van der Waals surface area contributed by atoms with Gasteiger partial charge in [0.05, 0.1) is 5.60 Å². The summed E-state index contributed by atoms with van der Waals surface area (Å²) in [6.45, 7) is 7.18. The van der Waals surface area contributed by atoms with E-state index >= 15 is 0 Å². The SMILES string of the molecule is CCC1(CC)CC(Nc2nc(Cl)ncc2C)CCO1. The Bertz CT molecular complexity index is 435. The van der Waals surface area contributed by atoms with Crippen molar-refractivity contribution in [3.8, 4) is 0 Å². The van der Waals surface area contributed by atoms with Gasteiger partial charge in [0.15, 0.2) is 0 Å².